The molecule has 1 N–H and O–H groups in total. The van der Waals surface area contributed by atoms with E-state index in [1.807, 2.05) is 37.3 Å². The molecule has 1 heterocycles. The second kappa shape index (κ2) is 9.02. The standard InChI is InChI=1S/C22H21N3O4/c1-2-16-7-3-4-9-19(16)25-13-17(11-21(25)27)22(28)29-14-20(26)24-18-8-5-6-15(10-18)12-23/h3-10,17H,2,11,13-14H2,1H3,(H,24,26)/t17-/m0/s1. The third-order valence-corrected chi connectivity index (χ3v) is 4.74. The summed E-state index contributed by atoms with van der Waals surface area (Å²) in [5.41, 5.74) is 2.71. The highest BCUT2D eigenvalue weighted by atomic mass is 16.5. The number of hydrogen-bond donors (Lipinski definition) is 1. The van der Waals surface area contributed by atoms with E-state index in [1.165, 1.54) is 6.07 Å². The molecule has 0 aromatic heterocycles. The van der Waals surface area contributed by atoms with E-state index < -0.39 is 24.4 Å². The molecule has 3 rings (SSSR count). The van der Waals surface area contributed by atoms with Crippen LogP contribution in [-0.4, -0.2) is 30.9 Å². The average Bonchev–Trinajstić information content (AvgIpc) is 3.13. The second-order valence-electron chi connectivity index (χ2n) is 6.74. The van der Waals surface area contributed by atoms with Crippen LogP contribution in [0.15, 0.2) is 48.5 Å². The number of rotatable bonds is 6. The van der Waals surface area contributed by atoms with Crippen LogP contribution in [-0.2, 0) is 25.5 Å². The van der Waals surface area contributed by atoms with Crippen molar-refractivity contribution in [3.05, 3.63) is 59.7 Å². The first kappa shape index (κ1) is 20.1. The third-order valence-electron chi connectivity index (χ3n) is 4.74. The molecule has 1 aliphatic rings. The van der Waals surface area contributed by atoms with E-state index in [2.05, 4.69) is 5.32 Å². The number of nitrogens with one attached hydrogen (secondary N) is 1. The molecule has 7 nitrogen and oxygen atoms in total. The molecule has 0 saturated carbocycles. The molecule has 1 atom stereocenters. The second-order valence-corrected chi connectivity index (χ2v) is 6.74. The van der Waals surface area contributed by atoms with E-state index in [0.717, 1.165) is 17.7 Å². The van der Waals surface area contributed by atoms with Crippen molar-refractivity contribution in [2.75, 3.05) is 23.4 Å². The molecule has 29 heavy (non-hydrogen) atoms. The molecule has 2 amide bonds. The van der Waals surface area contributed by atoms with Crippen LogP contribution in [0.5, 0.6) is 0 Å². The fourth-order valence-corrected chi connectivity index (χ4v) is 3.29. The van der Waals surface area contributed by atoms with Gasteiger partial charge in [0.15, 0.2) is 6.61 Å². The zero-order chi connectivity index (χ0) is 20.8. The molecule has 1 saturated heterocycles. The number of aryl methyl sites for hydroxylation is 1. The monoisotopic (exact) mass is 391 g/mol. The lowest BCUT2D eigenvalue weighted by Crippen LogP contribution is -2.28. The molecule has 2 aromatic rings. The summed E-state index contributed by atoms with van der Waals surface area (Å²) in [5.74, 6) is -1.82. The first-order valence-electron chi connectivity index (χ1n) is 9.36. The van der Waals surface area contributed by atoms with Crippen LogP contribution in [0, 0.1) is 17.2 Å². The van der Waals surface area contributed by atoms with E-state index in [9.17, 15) is 14.4 Å². The lowest BCUT2D eigenvalue weighted by Gasteiger charge is -2.19. The number of hydrogen-bond acceptors (Lipinski definition) is 5. The van der Waals surface area contributed by atoms with Crippen LogP contribution in [0.4, 0.5) is 11.4 Å². The van der Waals surface area contributed by atoms with Gasteiger partial charge in [-0.1, -0.05) is 31.2 Å². The maximum atomic E-state index is 12.4. The van der Waals surface area contributed by atoms with Gasteiger partial charge in [0, 0.05) is 24.3 Å². The van der Waals surface area contributed by atoms with E-state index >= 15 is 0 Å². The Balaban J connectivity index is 1.55. The molecular weight excluding hydrogens is 370 g/mol. The molecule has 0 bridgehead atoms. The van der Waals surface area contributed by atoms with Crippen molar-refractivity contribution < 1.29 is 19.1 Å². The van der Waals surface area contributed by atoms with Gasteiger partial charge in [0.05, 0.1) is 17.6 Å². The minimum absolute atomic E-state index is 0.0582. The fraction of sp³-hybridized carbons (Fsp3) is 0.273. The van der Waals surface area contributed by atoms with Gasteiger partial charge in [0.25, 0.3) is 5.91 Å². The van der Waals surface area contributed by atoms with Crippen molar-refractivity contribution >= 4 is 29.2 Å². The van der Waals surface area contributed by atoms with Crippen molar-refractivity contribution in [2.45, 2.75) is 19.8 Å². The van der Waals surface area contributed by atoms with Crippen LogP contribution in [0.2, 0.25) is 0 Å². The fourth-order valence-electron chi connectivity index (χ4n) is 3.29. The van der Waals surface area contributed by atoms with Gasteiger partial charge >= 0.3 is 5.97 Å². The molecular formula is C22H21N3O4. The number of carbonyl (C=O) groups is 3. The summed E-state index contributed by atoms with van der Waals surface area (Å²) in [6.45, 7) is 1.79. The smallest absolute Gasteiger partial charge is 0.311 e. The summed E-state index contributed by atoms with van der Waals surface area (Å²) < 4.78 is 5.11. The summed E-state index contributed by atoms with van der Waals surface area (Å²) in [6.07, 6.45) is 0.838. The molecule has 2 aromatic carbocycles. The Morgan fingerprint density at radius 2 is 2.03 bits per heavy atom. The number of carbonyl (C=O) groups excluding carboxylic acids is 3. The van der Waals surface area contributed by atoms with Crippen LogP contribution in [0.25, 0.3) is 0 Å². The highest BCUT2D eigenvalue weighted by Crippen LogP contribution is 2.29. The van der Waals surface area contributed by atoms with E-state index in [4.69, 9.17) is 10.00 Å². The first-order valence-corrected chi connectivity index (χ1v) is 9.36. The van der Waals surface area contributed by atoms with Crippen molar-refractivity contribution in [1.29, 1.82) is 5.26 Å². The van der Waals surface area contributed by atoms with Crippen LogP contribution in [0.3, 0.4) is 0 Å². The number of nitrogens with zero attached hydrogens (tertiary/aromatic N) is 2. The van der Waals surface area contributed by atoms with Crippen LogP contribution in [0.1, 0.15) is 24.5 Å². The predicted octanol–water partition coefficient (Wildman–Crippen LogP) is 2.66. The molecule has 0 unspecified atom stereocenters. The molecule has 148 valence electrons. The van der Waals surface area contributed by atoms with Gasteiger partial charge in [-0.15, -0.1) is 0 Å². The molecule has 0 spiro atoms. The Bertz CT molecular complexity index is 980. The Labute approximate surface area is 168 Å². The zero-order valence-corrected chi connectivity index (χ0v) is 16.1. The number of ether oxygens (including phenoxy) is 1. The van der Waals surface area contributed by atoms with Gasteiger partial charge in [0.2, 0.25) is 5.91 Å². The minimum atomic E-state index is -0.609. The van der Waals surface area contributed by atoms with Crippen molar-refractivity contribution in [3.63, 3.8) is 0 Å². The third kappa shape index (κ3) is 4.79. The van der Waals surface area contributed by atoms with Gasteiger partial charge in [-0.05, 0) is 36.2 Å². The maximum Gasteiger partial charge on any atom is 0.311 e. The molecule has 7 heteroatoms. The average molecular weight is 391 g/mol. The maximum absolute atomic E-state index is 12.4. The van der Waals surface area contributed by atoms with Gasteiger partial charge in [-0.3, -0.25) is 14.4 Å². The molecule has 0 aliphatic carbocycles. The summed E-state index contributed by atoms with van der Waals surface area (Å²) >= 11 is 0. The number of para-hydroxylation sites is 1. The Morgan fingerprint density at radius 3 is 2.79 bits per heavy atom. The summed E-state index contributed by atoms with van der Waals surface area (Å²) in [6, 6.07) is 16.0. The number of esters is 1. The Kier molecular flexibility index (Phi) is 6.25. The normalized spacial score (nSPS) is 15.7. The quantitative estimate of drug-likeness (QED) is 0.763. The molecule has 1 aliphatic heterocycles. The van der Waals surface area contributed by atoms with Gasteiger partial charge in [-0.25, -0.2) is 0 Å². The Hall–Kier alpha value is -3.66. The topological polar surface area (TPSA) is 99.5 Å². The molecule has 0 radical (unpaired) electrons. The highest BCUT2D eigenvalue weighted by molar-refractivity contribution is 6.00. The Morgan fingerprint density at radius 1 is 1.24 bits per heavy atom. The first-order chi connectivity index (χ1) is 14.0. The predicted molar refractivity (Wildman–Crippen MR) is 107 cm³/mol. The summed E-state index contributed by atoms with van der Waals surface area (Å²) in [5, 5.41) is 11.5. The van der Waals surface area contributed by atoms with E-state index in [-0.39, 0.29) is 18.9 Å². The summed E-state index contributed by atoms with van der Waals surface area (Å²) in [4.78, 5) is 38.4. The van der Waals surface area contributed by atoms with Crippen molar-refractivity contribution in [3.8, 4) is 6.07 Å². The zero-order valence-electron chi connectivity index (χ0n) is 16.1. The van der Waals surface area contributed by atoms with Crippen molar-refractivity contribution in [1.82, 2.24) is 0 Å². The van der Waals surface area contributed by atoms with Crippen LogP contribution < -0.4 is 10.2 Å². The van der Waals surface area contributed by atoms with Crippen LogP contribution >= 0.6 is 0 Å². The number of benzene rings is 2. The van der Waals surface area contributed by atoms with Gasteiger partial charge < -0.3 is 15.0 Å². The number of nitriles is 1. The van der Waals surface area contributed by atoms with Crippen molar-refractivity contribution in [2.24, 2.45) is 5.92 Å². The minimum Gasteiger partial charge on any atom is -0.455 e. The lowest BCUT2D eigenvalue weighted by molar-refractivity contribution is -0.151. The summed E-state index contributed by atoms with van der Waals surface area (Å²) in [7, 11) is 0. The SMILES string of the molecule is CCc1ccccc1N1C[C@@H](C(=O)OCC(=O)Nc2cccc(C#N)c2)CC1=O. The molecule has 1 fully saturated rings. The van der Waals surface area contributed by atoms with E-state index in [0.29, 0.717) is 11.3 Å². The van der Waals surface area contributed by atoms with Gasteiger partial charge in [-0.2, -0.15) is 5.26 Å². The lowest BCUT2D eigenvalue weighted by atomic mass is 10.1. The van der Waals surface area contributed by atoms with E-state index in [1.54, 1.807) is 23.1 Å². The number of anilines is 2. The highest BCUT2D eigenvalue weighted by Gasteiger charge is 2.36. The number of amides is 2. The largest absolute Gasteiger partial charge is 0.455 e. The van der Waals surface area contributed by atoms with Gasteiger partial charge in [0.1, 0.15) is 0 Å².